The third-order valence-electron chi connectivity index (χ3n) is 3.28. The van der Waals surface area contributed by atoms with Gasteiger partial charge in [-0.05, 0) is 0 Å². The third-order valence-corrected chi connectivity index (χ3v) is 15.2. The summed E-state index contributed by atoms with van der Waals surface area (Å²) in [6, 6.07) is 0. The van der Waals surface area contributed by atoms with Gasteiger partial charge in [0.15, 0.2) is 0 Å². The average Bonchev–Trinajstić information content (AvgIpc) is 2.12. The Morgan fingerprint density at radius 2 is 1.19 bits per heavy atom. The predicted octanol–water partition coefficient (Wildman–Crippen LogP) is 2.62. The molecule has 0 aromatic carbocycles. The fourth-order valence-electron chi connectivity index (χ4n) is 2.63. The van der Waals surface area contributed by atoms with E-state index in [0.29, 0.717) is 16.6 Å². The first-order chi connectivity index (χ1) is 7.10. The van der Waals surface area contributed by atoms with E-state index in [9.17, 15) is 6.37 Å². The molecule has 0 atom stereocenters. The van der Waals surface area contributed by atoms with Crippen LogP contribution in [-0.4, -0.2) is 21.8 Å². The molecule has 0 aromatic rings. The van der Waals surface area contributed by atoms with E-state index < -0.39 is 30.3 Å². The molecule has 0 aliphatic rings. The van der Waals surface area contributed by atoms with Crippen molar-refractivity contribution in [3.8, 4) is 0 Å². The Hall–Kier alpha value is 0.940. The molecule has 0 aliphatic heterocycles. The summed E-state index contributed by atoms with van der Waals surface area (Å²) in [7, 11) is -0.900. The molecule has 0 aliphatic carbocycles. The van der Waals surface area contributed by atoms with Crippen LogP contribution in [-0.2, 0) is 27.3 Å². The van der Waals surface area contributed by atoms with Gasteiger partial charge < -0.3 is 0 Å². The topological polar surface area (TPSA) is 58.9 Å². The summed E-state index contributed by atoms with van der Waals surface area (Å²) >= 11 is -4.69. The van der Waals surface area contributed by atoms with Crippen molar-refractivity contribution in [2.45, 2.75) is 58.2 Å². The van der Waals surface area contributed by atoms with Gasteiger partial charge in [0.05, 0.1) is 0 Å². The monoisotopic (exact) mass is 328 g/mol. The molecule has 2 N–H and O–H groups in total. The summed E-state index contributed by atoms with van der Waals surface area (Å²) < 4.78 is 30.1. The standard InChI is InChI=1S/C9H21OSi.CH3O.2H2O.Zr/c1-7(2)11(10,8(3)4)9(5)6;1-2;;;/h7-9H,1-6H3;1H3;2*1H2;/q2*-1;;;+4/p-2. The van der Waals surface area contributed by atoms with E-state index in [1.54, 1.807) is 0 Å². The first-order valence-corrected chi connectivity index (χ1v) is 12.1. The van der Waals surface area contributed by atoms with Crippen LogP contribution in [0, 0.1) is 0 Å². The van der Waals surface area contributed by atoms with Gasteiger partial charge in [0.25, 0.3) is 0 Å². The molecule has 0 heterocycles. The Bertz CT molecular complexity index is 197. The predicted molar refractivity (Wildman–Crippen MR) is 63.6 cm³/mol. The zero-order valence-electron chi connectivity index (χ0n) is 11.4. The van der Waals surface area contributed by atoms with E-state index in [0.717, 1.165) is 0 Å². The number of rotatable bonds is 6. The zero-order valence-corrected chi connectivity index (χ0v) is 14.9. The van der Waals surface area contributed by atoms with Crippen molar-refractivity contribution in [1.82, 2.24) is 0 Å². The van der Waals surface area contributed by atoms with E-state index in [2.05, 4.69) is 41.5 Å². The number of hydrogen-bond acceptors (Lipinski definition) is 4. The van der Waals surface area contributed by atoms with E-state index in [4.69, 9.17) is 5.32 Å². The third kappa shape index (κ3) is 3.72. The van der Waals surface area contributed by atoms with E-state index in [1.807, 2.05) is 0 Å². The molecule has 0 radical (unpaired) electrons. The molecule has 0 rings (SSSR count). The van der Waals surface area contributed by atoms with Gasteiger partial charge in [0.1, 0.15) is 0 Å². The molecule has 98 valence electrons. The van der Waals surface area contributed by atoms with Crippen LogP contribution in [0.2, 0.25) is 16.6 Å². The quantitative estimate of drug-likeness (QED) is 0.736. The maximum atomic E-state index is 9.76. The maximum absolute atomic E-state index is 9.76. The van der Waals surface area contributed by atoms with E-state index >= 15 is 0 Å². The first kappa shape index (κ1) is 16.9. The summed E-state index contributed by atoms with van der Waals surface area (Å²) in [5.74, 6) is 0. The Kier molecular flexibility index (Phi) is 6.57. The van der Waals surface area contributed by atoms with Gasteiger partial charge in [-0.15, -0.1) is 0 Å². The fourth-order valence-corrected chi connectivity index (χ4v) is 17.1. The van der Waals surface area contributed by atoms with Crippen LogP contribution < -0.4 is 0 Å². The van der Waals surface area contributed by atoms with Crippen LogP contribution in [0.3, 0.4) is 0 Å². The van der Waals surface area contributed by atoms with E-state index in [-0.39, 0.29) is 0 Å². The van der Waals surface area contributed by atoms with Crippen LogP contribution in [0.5, 0.6) is 0 Å². The Morgan fingerprint density at radius 3 is 1.38 bits per heavy atom. The van der Waals surface area contributed by atoms with Crippen LogP contribution in [0.1, 0.15) is 41.5 Å². The van der Waals surface area contributed by atoms with Crippen molar-refractivity contribution in [2.75, 3.05) is 7.11 Å². The zero-order chi connectivity index (χ0) is 13.1. The molecule has 16 heavy (non-hydrogen) atoms. The van der Waals surface area contributed by atoms with Gasteiger partial charge in [-0.2, -0.15) is 0 Å². The average molecular weight is 330 g/mol. The van der Waals surface area contributed by atoms with Crippen molar-refractivity contribution < 1.29 is 33.7 Å². The molecule has 0 fully saturated rings. The van der Waals surface area contributed by atoms with Crippen molar-refractivity contribution >= 4 is 8.32 Å². The van der Waals surface area contributed by atoms with Crippen molar-refractivity contribution in [2.24, 2.45) is 0 Å². The summed E-state index contributed by atoms with van der Waals surface area (Å²) in [4.78, 5) is 0. The first-order valence-electron chi connectivity index (χ1n) is 5.80. The molecule has 0 saturated heterocycles. The Balaban J connectivity index is 5.21. The van der Waals surface area contributed by atoms with Crippen molar-refractivity contribution in [1.29, 1.82) is 0 Å². The fraction of sp³-hybridized carbons (Fsp3) is 1.00. The number of hydrogen-bond donors (Lipinski definition) is 2. The minimum atomic E-state index is -4.69. The molecule has 0 saturated carbocycles. The van der Waals surface area contributed by atoms with Crippen LogP contribution in [0.4, 0.5) is 0 Å². The summed E-state index contributed by atoms with van der Waals surface area (Å²) in [5.41, 5.74) is 0.995. The summed E-state index contributed by atoms with van der Waals surface area (Å²) in [5, 5.41) is 0. The van der Waals surface area contributed by atoms with Crippen LogP contribution >= 0.6 is 0 Å². The molecule has 4 nitrogen and oxygen atoms in total. The van der Waals surface area contributed by atoms with Gasteiger partial charge in [-0.25, -0.2) is 0 Å². The second kappa shape index (κ2) is 6.21. The Labute approximate surface area is 107 Å². The molecule has 0 aromatic heterocycles. The second-order valence-electron chi connectivity index (χ2n) is 5.17. The Morgan fingerprint density at radius 1 is 0.875 bits per heavy atom. The normalized spacial score (nSPS) is 14.2. The molecule has 6 heteroatoms. The molecular formula is C10H26O4SiZr. The van der Waals surface area contributed by atoms with Gasteiger partial charge in [0, 0.05) is 0 Å². The molecule has 0 spiro atoms. The van der Waals surface area contributed by atoms with Gasteiger partial charge in [-0.3, -0.25) is 0 Å². The van der Waals surface area contributed by atoms with Gasteiger partial charge in [0.2, 0.25) is 0 Å². The molecule has 0 unspecified atom stereocenters. The van der Waals surface area contributed by atoms with Crippen LogP contribution in [0.25, 0.3) is 0 Å². The molecular weight excluding hydrogens is 303 g/mol. The van der Waals surface area contributed by atoms with Gasteiger partial charge >= 0.3 is 107 Å². The SMILES string of the molecule is C[O][Zr]([OH])([OH])[O][Si](C(C)C)(C(C)C)C(C)C. The summed E-state index contributed by atoms with van der Waals surface area (Å²) in [6.45, 7) is 12.6. The molecule has 0 bridgehead atoms. The van der Waals surface area contributed by atoms with Gasteiger partial charge in [-0.1, -0.05) is 0 Å². The minimum absolute atomic E-state index is 0.332. The second-order valence-corrected chi connectivity index (χ2v) is 15.8. The van der Waals surface area contributed by atoms with E-state index in [1.165, 1.54) is 7.11 Å². The van der Waals surface area contributed by atoms with Crippen LogP contribution in [0.15, 0.2) is 0 Å². The summed E-state index contributed by atoms with van der Waals surface area (Å²) in [6.07, 6.45) is 0. The molecule has 0 amide bonds. The van der Waals surface area contributed by atoms with Crippen molar-refractivity contribution in [3.63, 3.8) is 0 Å². The van der Waals surface area contributed by atoms with Crippen molar-refractivity contribution in [3.05, 3.63) is 0 Å².